The van der Waals surface area contributed by atoms with Crippen molar-refractivity contribution < 1.29 is 4.79 Å². The summed E-state index contributed by atoms with van der Waals surface area (Å²) in [6, 6.07) is 0.656. The maximum absolute atomic E-state index is 11.6. The molecule has 1 unspecified atom stereocenters. The van der Waals surface area contributed by atoms with E-state index in [1.165, 1.54) is 19.4 Å². The Bertz CT molecular complexity index is 260. The van der Waals surface area contributed by atoms with Crippen LogP contribution in [-0.4, -0.2) is 62.0 Å². The third-order valence-electron chi connectivity index (χ3n) is 3.63. The van der Waals surface area contributed by atoms with Crippen LogP contribution in [0.5, 0.6) is 0 Å². The van der Waals surface area contributed by atoms with Gasteiger partial charge in [0.15, 0.2) is 0 Å². The summed E-state index contributed by atoms with van der Waals surface area (Å²) in [6.07, 6.45) is 4.24. The molecule has 4 heteroatoms. The Morgan fingerprint density at radius 2 is 2.11 bits per heavy atom. The Kier molecular flexibility index (Phi) is 7.39. The average molecular weight is 269 g/mol. The predicted octanol–water partition coefficient (Wildman–Crippen LogP) is 1.56. The first-order chi connectivity index (χ1) is 8.99. The third-order valence-corrected chi connectivity index (χ3v) is 3.63. The molecule has 0 radical (unpaired) electrons. The van der Waals surface area contributed by atoms with Gasteiger partial charge in [-0.15, -0.1) is 0 Å². The van der Waals surface area contributed by atoms with Crippen molar-refractivity contribution in [3.05, 3.63) is 0 Å². The maximum atomic E-state index is 11.6. The molecule has 1 amide bonds. The number of carbonyl (C=O) groups excluding carboxylic acids is 1. The van der Waals surface area contributed by atoms with Crippen LogP contribution in [0.15, 0.2) is 0 Å². The van der Waals surface area contributed by atoms with E-state index in [1.54, 1.807) is 4.90 Å². The first-order valence-electron chi connectivity index (χ1n) is 7.65. The molecular formula is C15H31N3O. The second-order valence-electron chi connectivity index (χ2n) is 6.34. The Hall–Kier alpha value is -0.610. The van der Waals surface area contributed by atoms with E-state index in [0.29, 0.717) is 18.4 Å². The van der Waals surface area contributed by atoms with Gasteiger partial charge in [-0.2, -0.15) is 0 Å². The fourth-order valence-electron chi connectivity index (χ4n) is 2.68. The molecule has 0 aromatic heterocycles. The van der Waals surface area contributed by atoms with Crippen LogP contribution < -0.4 is 5.32 Å². The molecular weight excluding hydrogens is 238 g/mol. The average Bonchev–Trinajstić information content (AvgIpc) is 2.80. The summed E-state index contributed by atoms with van der Waals surface area (Å²) in [5, 5.41) is 3.56. The number of hydrogen-bond acceptors (Lipinski definition) is 3. The zero-order chi connectivity index (χ0) is 14.3. The summed E-state index contributed by atoms with van der Waals surface area (Å²) >= 11 is 0. The van der Waals surface area contributed by atoms with Crippen LogP contribution in [0.2, 0.25) is 0 Å². The van der Waals surface area contributed by atoms with Crippen LogP contribution in [0, 0.1) is 5.92 Å². The van der Waals surface area contributed by atoms with Gasteiger partial charge in [-0.05, 0) is 38.3 Å². The number of nitrogens with zero attached hydrogens (tertiary/aromatic N) is 2. The lowest BCUT2D eigenvalue weighted by Gasteiger charge is -2.27. The Balaban J connectivity index is 2.29. The highest BCUT2D eigenvalue weighted by molar-refractivity contribution is 5.75. The molecule has 1 atom stereocenters. The first kappa shape index (κ1) is 16.4. The molecule has 19 heavy (non-hydrogen) atoms. The molecule has 1 rings (SSSR count). The van der Waals surface area contributed by atoms with E-state index in [1.807, 2.05) is 14.1 Å². The third kappa shape index (κ3) is 6.92. The van der Waals surface area contributed by atoms with Crippen LogP contribution >= 0.6 is 0 Å². The summed E-state index contributed by atoms with van der Waals surface area (Å²) < 4.78 is 0. The van der Waals surface area contributed by atoms with E-state index in [-0.39, 0.29) is 5.91 Å². The van der Waals surface area contributed by atoms with E-state index < -0.39 is 0 Å². The molecule has 0 bridgehead atoms. The van der Waals surface area contributed by atoms with Gasteiger partial charge in [0.25, 0.3) is 0 Å². The van der Waals surface area contributed by atoms with Gasteiger partial charge in [0.05, 0.1) is 0 Å². The monoisotopic (exact) mass is 269 g/mol. The van der Waals surface area contributed by atoms with Gasteiger partial charge < -0.3 is 15.1 Å². The van der Waals surface area contributed by atoms with Crippen LogP contribution in [0.3, 0.4) is 0 Å². The zero-order valence-electron chi connectivity index (χ0n) is 13.1. The Morgan fingerprint density at radius 3 is 2.63 bits per heavy atom. The topological polar surface area (TPSA) is 35.6 Å². The van der Waals surface area contributed by atoms with Gasteiger partial charge in [0.2, 0.25) is 5.91 Å². The van der Waals surface area contributed by atoms with Crippen LogP contribution in [-0.2, 0) is 4.79 Å². The normalized spacial score (nSPS) is 19.4. The molecule has 0 aliphatic carbocycles. The summed E-state index contributed by atoms with van der Waals surface area (Å²) in [6.45, 7) is 9.00. The van der Waals surface area contributed by atoms with Crippen LogP contribution in [0.4, 0.5) is 0 Å². The molecule has 1 heterocycles. The lowest BCUT2D eigenvalue weighted by molar-refractivity contribution is -0.128. The van der Waals surface area contributed by atoms with Crippen molar-refractivity contribution in [2.45, 2.75) is 45.6 Å². The highest BCUT2D eigenvalue weighted by atomic mass is 16.2. The summed E-state index contributed by atoms with van der Waals surface area (Å²) in [5.74, 6) is 0.925. The maximum Gasteiger partial charge on any atom is 0.222 e. The molecule has 0 saturated carbocycles. The lowest BCUT2D eigenvalue weighted by atomic mass is 10.1. The molecule has 1 aliphatic rings. The van der Waals surface area contributed by atoms with E-state index in [0.717, 1.165) is 26.1 Å². The fourth-order valence-corrected chi connectivity index (χ4v) is 2.68. The summed E-state index contributed by atoms with van der Waals surface area (Å²) in [7, 11) is 3.66. The highest BCUT2D eigenvalue weighted by Gasteiger charge is 2.18. The number of nitrogens with one attached hydrogen (secondary N) is 1. The van der Waals surface area contributed by atoms with Gasteiger partial charge >= 0.3 is 0 Å². The predicted molar refractivity (Wildman–Crippen MR) is 80.2 cm³/mol. The summed E-state index contributed by atoms with van der Waals surface area (Å²) in [5.41, 5.74) is 0. The van der Waals surface area contributed by atoms with Gasteiger partial charge in [-0.1, -0.05) is 13.8 Å². The van der Waals surface area contributed by atoms with Gasteiger partial charge in [-0.25, -0.2) is 0 Å². The molecule has 1 N–H and O–H groups in total. The van der Waals surface area contributed by atoms with Crippen molar-refractivity contribution in [2.24, 2.45) is 5.92 Å². The number of rotatable bonds is 8. The lowest BCUT2D eigenvalue weighted by Crippen LogP contribution is -2.40. The first-order valence-corrected chi connectivity index (χ1v) is 7.65. The van der Waals surface area contributed by atoms with Crippen molar-refractivity contribution in [1.29, 1.82) is 0 Å². The van der Waals surface area contributed by atoms with E-state index in [9.17, 15) is 4.79 Å². The van der Waals surface area contributed by atoms with Crippen molar-refractivity contribution in [3.8, 4) is 0 Å². The Labute approximate surface area is 118 Å². The van der Waals surface area contributed by atoms with E-state index in [4.69, 9.17) is 0 Å². The highest BCUT2D eigenvalue weighted by Crippen LogP contribution is 2.10. The minimum absolute atomic E-state index is 0.239. The molecule has 1 fully saturated rings. The molecule has 1 aliphatic heterocycles. The molecule has 0 spiro atoms. The zero-order valence-corrected chi connectivity index (χ0v) is 13.1. The fraction of sp³-hybridized carbons (Fsp3) is 0.933. The largest absolute Gasteiger partial charge is 0.349 e. The number of carbonyl (C=O) groups is 1. The molecule has 0 aromatic carbocycles. The van der Waals surface area contributed by atoms with Crippen LogP contribution in [0.25, 0.3) is 0 Å². The van der Waals surface area contributed by atoms with Crippen molar-refractivity contribution in [3.63, 3.8) is 0 Å². The number of amides is 1. The van der Waals surface area contributed by atoms with Gasteiger partial charge in [0.1, 0.15) is 0 Å². The van der Waals surface area contributed by atoms with Crippen molar-refractivity contribution >= 4 is 5.91 Å². The van der Waals surface area contributed by atoms with Gasteiger partial charge in [-0.3, -0.25) is 4.79 Å². The molecule has 1 saturated heterocycles. The van der Waals surface area contributed by atoms with Crippen molar-refractivity contribution in [2.75, 3.05) is 40.3 Å². The van der Waals surface area contributed by atoms with E-state index >= 15 is 0 Å². The molecule has 112 valence electrons. The SMILES string of the molecule is CC(C)CN(CCCC(=O)N(C)C)CC1CCCN1. The Morgan fingerprint density at radius 1 is 1.37 bits per heavy atom. The minimum atomic E-state index is 0.239. The second kappa shape index (κ2) is 8.54. The minimum Gasteiger partial charge on any atom is -0.349 e. The smallest absolute Gasteiger partial charge is 0.222 e. The van der Waals surface area contributed by atoms with E-state index in [2.05, 4.69) is 24.1 Å². The van der Waals surface area contributed by atoms with Gasteiger partial charge in [0, 0.05) is 39.6 Å². The number of hydrogen-bond donors (Lipinski definition) is 1. The van der Waals surface area contributed by atoms with Crippen molar-refractivity contribution in [1.82, 2.24) is 15.1 Å². The standard InChI is InChI=1S/C15H31N3O/c1-13(2)11-18(12-14-7-5-9-16-14)10-6-8-15(19)17(3)4/h13-14,16H,5-12H2,1-4H3. The molecule has 4 nitrogen and oxygen atoms in total. The molecule has 0 aromatic rings. The second-order valence-corrected chi connectivity index (χ2v) is 6.34. The quantitative estimate of drug-likeness (QED) is 0.726. The van der Waals surface area contributed by atoms with Crippen LogP contribution in [0.1, 0.15) is 39.5 Å². The summed E-state index contributed by atoms with van der Waals surface area (Å²) in [4.78, 5) is 15.8.